The number of halogens is 1. The van der Waals surface area contributed by atoms with Gasteiger partial charge < -0.3 is 5.11 Å². The summed E-state index contributed by atoms with van der Waals surface area (Å²) in [5.74, 6) is 0.355. The third kappa shape index (κ3) is 6.46. The summed E-state index contributed by atoms with van der Waals surface area (Å²) >= 11 is 2.07. The van der Waals surface area contributed by atoms with Crippen molar-refractivity contribution in [1.82, 2.24) is 0 Å². The molecule has 0 bridgehead atoms. The third-order valence-corrected chi connectivity index (χ3v) is 1.76. The highest BCUT2D eigenvalue weighted by atomic mass is 127. The van der Waals surface area contributed by atoms with Crippen LogP contribution in [-0.4, -0.2) is 5.11 Å². The smallest absolute Gasteiger partial charge is 0.128 e. The van der Waals surface area contributed by atoms with Crippen LogP contribution in [0.3, 0.4) is 0 Å². The standard InChI is InChI=1S/C6H5IO.2C2H6/c7-5-3-1-2-4-6(5)8;2*1-2/h1-4,8H;2*1-2H3. The van der Waals surface area contributed by atoms with Crippen molar-refractivity contribution in [3.05, 3.63) is 27.8 Å². The molecule has 0 saturated carbocycles. The molecule has 0 fully saturated rings. The molecule has 0 aliphatic heterocycles. The number of para-hydroxylation sites is 1. The predicted molar refractivity (Wildman–Crippen MR) is 63.5 cm³/mol. The van der Waals surface area contributed by atoms with Crippen LogP contribution in [0.1, 0.15) is 27.7 Å². The predicted octanol–water partition coefficient (Wildman–Crippen LogP) is 4.05. The number of benzene rings is 1. The van der Waals surface area contributed by atoms with Gasteiger partial charge in [0, 0.05) is 0 Å². The van der Waals surface area contributed by atoms with E-state index in [0.717, 1.165) is 3.57 Å². The van der Waals surface area contributed by atoms with Gasteiger partial charge in [0.1, 0.15) is 5.75 Å². The molecular weight excluding hydrogens is 263 g/mol. The van der Waals surface area contributed by atoms with E-state index in [4.69, 9.17) is 5.11 Å². The van der Waals surface area contributed by atoms with Crippen LogP contribution >= 0.6 is 22.6 Å². The van der Waals surface area contributed by atoms with Crippen LogP contribution in [0, 0.1) is 3.57 Å². The SMILES string of the molecule is CC.CC.Oc1ccccc1I. The van der Waals surface area contributed by atoms with Gasteiger partial charge in [0.2, 0.25) is 0 Å². The second-order valence-electron chi connectivity index (χ2n) is 1.45. The minimum atomic E-state index is 0.355. The molecule has 0 radical (unpaired) electrons. The Morgan fingerprint density at radius 1 is 1.00 bits per heavy atom. The fourth-order valence-electron chi connectivity index (χ4n) is 0.452. The lowest BCUT2D eigenvalue weighted by Crippen LogP contribution is -1.67. The van der Waals surface area contributed by atoms with E-state index >= 15 is 0 Å². The van der Waals surface area contributed by atoms with E-state index < -0.39 is 0 Å². The topological polar surface area (TPSA) is 20.2 Å². The van der Waals surface area contributed by atoms with Crippen molar-refractivity contribution in [2.45, 2.75) is 27.7 Å². The quantitative estimate of drug-likeness (QED) is 0.711. The lowest BCUT2D eigenvalue weighted by molar-refractivity contribution is 0.471. The largest absolute Gasteiger partial charge is 0.507 e. The van der Waals surface area contributed by atoms with Gasteiger partial charge in [0.25, 0.3) is 0 Å². The zero-order chi connectivity index (χ0) is 9.98. The first-order valence-electron chi connectivity index (χ1n) is 4.24. The monoisotopic (exact) mass is 280 g/mol. The fourth-order valence-corrected chi connectivity index (χ4v) is 0.839. The third-order valence-electron chi connectivity index (χ3n) is 0.852. The molecule has 1 aromatic rings. The van der Waals surface area contributed by atoms with Crippen molar-refractivity contribution in [3.8, 4) is 5.75 Å². The highest BCUT2D eigenvalue weighted by molar-refractivity contribution is 14.1. The number of rotatable bonds is 0. The van der Waals surface area contributed by atoms with Gasteiger partial charge in [-0.15, -0.1) is 0 Å². The molecule has 0 amide bonds. The highest BCUT2D eigenvalue weighted by Gasteiger charge is 1.89. The molecule has 70 valence electrons. The van der Waals surface area contributed by atoms with Gasteiger partial charge in [-0.3, -0.25) is 0 Å². The summed E-state index contributed by atoms with van der Waals surface area (Å²) in [4.78, 5) is 0. The molecule has 0 atom stereocenters. The normalized spacial score (nSPS) is 7.08. The zero-order valence-corrected chi connectivity index (χ0v) is 10.3. The summed E-state index contributed by atoms with van der Waals surface area (Å²) < 4.78 is 0.894. The van der Waals surface area contributed by atoms with E-state index in [2.05, 4.69) is 22.6 Å². The minimum absolute atomic E-state index is 0.355. The molecule has 0 heterocycles. The number of phenols is 1. The lowest BCUT2D eigenvalue weighted by atomic mass is 10.3. The maximum Gasteiger partial charge on any atom is 0.128 e. The van der Waals surface area contributed by atoms with Gasteiger partial charge in [0.05, 0.1) is 3.57 Å². The van der Waals surface area contributed by atoms with E-state index in [0.29, 0.717) is 5.75 Å². The van der Waals surface area contributed by atoms with Gasteiger partial charge in [-0.05, 0) is 34.7 Å². The number of phenolic OH excluding ortho intramolecular Hbond substituents is 1. The van der Waals surface area contributed by atoms with Gasteiger partial charge in [0.15, 0.2) is 0 Å². The van der Waals surface area contributed by atoms with Crippen molar-refractivity contribution >= 4 is 22.6 Å². The van der Waals surface area contributed by atoms with Crippen LogP contribution < -0.4 is 0 Å². The average molecular weight is 280 g/mol. The summed E-state index contributed by atoms with van der Waals surface area (Å²) in [5, 5.41) is 8.91. The average Bonchev–Trinajstić information content (AvgIpc) is 2.17. The van der Waals surface area contributed by atoms with Crippen LogP contribution in [0.4, 0.5) is 0 Å². The zero-order valence-electron chi connectivity index (χ0n) is 8.13. The van der Waals surface area contributed by atoms with Gasteiger partial charge in [-0.25, -0.2) is 0 Å². The molecule has 0 saturated heterocycles. The molecule has 1 N–H and O–H groups in total. The Hall–Kier alpha value is -0.250. The first kappa shape index (κ1) is 14.3. The first-order valence-corrected chi connectivity index (χ1v) is 5.32. The molecule has 0 aliphatic rings. The maximum atomic E-state index is 8.91. The summed E-state index contributed by atoms with van der Waals surface area (Å²) in [6.45, 7) is 8.00. The molecule has 0 unspecified atom stereocenters. The first-order chi connectivity index (χ1) is 5.80. The maximum absolute atomic E-state index is 8.91. The van der Waals surface area contributed by atoms with Gasteiger partial charge in [-0.2, -0.15) is 0 Å². The van der Waals surface area contributed by atoms with E-state index in [9.17, 15) is 0 Å². The van der Waals surface area contributed by atoms with Crippen molar-refractivity contribution in [2.24, 2.45) is 0 Å². The van der Waals surface area contributed by atoms with E-state index in [1.165, 1.54) is 0 Å². The van der Waals surface area contributed by atoms with Crippen LogP contribution in [0.15, 0.2) is 24.3 Å². The fraction of sp³-hybridized carbons (Fsp3) is 0.400. The molecule has 1 rings (SSSR count). The highest BCUT2D eigenvalue weighted by Crippen LogP contribution is 2.16. The number of aromatic hydroxyl groups is 1. The Kier molecular flexibility index (Phi) is 12.8. The van der Waals surface area contributed by atoms with Crippen LogP contribution in [0.2, 0.25) is 0 Å². The van der Waals surface area contributed by atoms with E-state index in [1.54, 1.807) is 12.1 Å². The molecule has 1 nitrogen and oxygen atoms in total. The molecule has 0 spiro atoms. The second kappa shape index (κ2) is 10.8. The lowest BCUT2D eigenvalue weighted by Gasteiger charge is -1.90. The number of hydrogen-bond acceptors (Lipinski definition) is 1. The molecule has 0 aliphatic carbocycles. The Balaban J connectivity index is 0. The molecule has 12 heavy (non-hydrogen) atoms. The Bertz CT molecular complexity index is 166. The minimum Gasteiger partial charge on any atom is -0.507 e. The summed E-state index contributed by atoms with van der Waals surface area (Å²) in [6, 6.07) is 7.22. The van der Waals surface area contributed by atoms with Crippen molar-refractivity contribution in [1.29, 1.82) is 0 Å². The Morgan fingerprint density at radius 3 is 1.67 bits per heavy atom. The second-order valence-corrected chi connectivity index (χ2v) is 2.61. The van der Waals surface area contributed by atoms with Gasteiger partial charge in [-0.1, -0.05) is 39.8 Å². The van der Waals surface area contributed by atoms with Crippen LogP contribution in [0.25, 0.3) is 0 Å². The van der Waals surface area contributed by atoms with Crippen molar-refractivity contribution in [3.63, 3.8) is 0 Å². The van der Waals surface area contributed by atoms with E-state index in [-0.39, 0.29) is 0 Å². The van der Waals surface area contributed by atoms with Gasteiger partial charge >= 0.3 is 0 Å². The van der Waals surface area contributed by atoms with E-state index in [1.807, 2.05) is 39.8 Å². The molecular formula is C10H17IO. The summed E-state index contributed by atoms with van der Waals surface area (Å²) in [5.41, 5.74) is 0. The molecule has 1 aromatic carbocycles. The Morgan fingerprint density at radius 2 is 1.42 bits per heavy atom. The van der Waals surface area contributed by atoms with Crippen molar-refractivity contribution in [2.75, 3.05) is 0 Å². The molecule has 0 aromatic heterocycles. The molecule has 2 heteroatoms. The van der Waals surface area contributed by atoms with Crippen LogP contribution in [-0.2, 0) is 0 Å². The summed E-state index contributed by atoms with van der Waals surface area (Å²) in [6.07, 6.45) is 0. The number of hydrogen-bond donors (Lipinski definition) is 1. The van der Waals surface area contributed by atoms with Crippen LogP contribution in [0.5, 0.6) is 5.75 Å². The van der Waals surface area contributed by atoms with Crippen molar-refractivity contribution < 1.29 is 5.11 Å². The Labute approximate surface area is 89.0 Å². The summed E-state index contributed by atoms with van der Waals surface area (Å²) in [7, 11) is 0.